The fourth-order valence-electron chi connectivity index (χ4n) is 1.43. The highest BCUT2D eigenvalue weighted by molar-refractivity contribution is 5.93. The number of halogens is 3. The maximum absolute atomic E-state index is 12.4. The van der Waals surface area contributed by atoms with Gasteiger partial charge in [0.05, 0.1) is 19.3 Å². The molecule has 0 saturated heterocycles. The van der Waals surface area contributed by atoms with Gasteiger partial charge in [-0.1, -0.05) is 0 Å². The Morgan fingerprint density at radius 1 is 1.40 bits per heavy atom. The Bertz CT molecular complexity index is 549. The van der Waals surface area contributed by atoms with Crippen molar-refractivity contribution < 1.29 is 32.2 Å². The van der Waals surface area contributed by atoms with E-state index in [0.29, 0.717) is 0 Å². The smallest absolute Gasteiger partial charge is 0.493 e. The van der Waals surface area contributed by atoms with Crippen LogP contribution in [-0.2, 0) is 4.74 Å². The van der Waals surface area contributed by atoms with E-state index >= 15 is 0 Å². The van der Waals surface area contributed by atoms with Gasteiger partial charge in [-0.3, -0.25) is 0 Å². The number of carbonyl (C=O) groups excluding carboxylic acids is 1. The lowest BCUT2D eigenvalue weighted by Crippen LogP contribution is -2.19. The number of nitrogens with zero attached hydrogens (tertiary/aromatic N) is 1. The highest BCUT2D eigenvalue weighted by Gasteiger charge is 2.35. The van der Waals surface area contributed by atoms with Gasteiger partial charge in [0, 0.05) is 0 Å². The van der Waals surface area contributed by atoms with E-state index in [-0.39, 0.29) is 17.9 Å². The summed E-state index contributed by atoms with van der Waals surface area (Å²) in [5, 5.41) is 8.97. The summed E-state index contributed by atoms with van der Waals surface area (Å²) in [5.41, 5.74) is -0.922. The van der Waals surface area contributed by atoms with Gasteiger partial charge in [0.25, 0.3) is 0 Å². The molecule has 0 atom stereocenters. The maximum Gasteiger partial charge on any atom is 0.573 e. The minimum atomic E-state index is -5.02. The van der Waals surface area contributed by atoms with Crippen LogP contribution in [0, 0.1) is 11.3 Å². The van der Waals surface area contributed by atoms with E-state index in [1.165, 1.54) is 13.0 Å². The molecule has 1 rings (SSSR count). The van der Waals surface area contributed by atoms with Crippen LogP contribution in [0.25, 0.3) is 0 Å². The van der Waals surface area contributed by atoms with Gasteiger partial charge < -0.3 is 14.2 Å². The Morgan fingerprint density at radius 2 is 2.05 bits per heavy atom. The molecule has 0 radical (unpaired) electrons. The molecule has 0 aliphatic carbocycles. The molecule has 5 nitrogen and oxygen atoms in total. The summed E-state index contributed by atoms with van der Waals surface area (Å²) in [7, 11) is 1.11. The Hall–Kier alpha value is -2.43. The Balaban J connectivity index is 3.41. The predicted octanol–water partition coefficient (Wildman–Crippen LogP) is 2.64. The van der Waals surface area contributed by atoms with Crippen molar-refractivity contribution in [2.75, 3.05) is 13.7 Å². The molecule has 1 aromatic rings. The fraction of sp³-hybridized carbons (Fsp3) is 0.333. The van der Waals surface area contributed by atoms with Gasteiger partial charge >= 0.3 is 12.3 Å². The van der Waals surface area contributed by atoms with Crippen molar-refractivity contribution in [3.05, 3.63) is 23.3 Å². The third-order valence-electron chi connectivity index (χ3n) is 2.17. The summed E-state index contributed by atoms with van der Waals surface area (Å²) in [6.45, 7) is 1.55. The second-order valence-electron chi connectivity index (χ2n) is 3.40. The van der Waals surface area contributed by atoms with Gasteiger partial charge in [0.2, 0.25) is 0 Å². The quantitative estimate of drug-likeness (QED) is 0.797. The van der Waals surface area contributed by atoms with Crippen LogP contribution in [-0.4, -0.2) is 26.0 Å². The predicted molar refractivity (Wildman–Crippen MR) is 60.3 cm³/mol. The second-order valence-corrected chi connectivity index (χ2v) is 3.40. The minimum absolute atomic E-state index is 0.0190. The first-order valence-corrected chi connectivity index (χ1v) is 5.38. The zero-order valence-electron chi connectivity index (χ0n) is 10.6. The number of hydrogen-bond donors (Lipinski definition) is 0. The molecule has 20 heavy (non-hydrogen) atoms. The minimum Gasteiger partial charge on any atom is -0.493 e. The number of nitriles is 1. The largest absolute Gasteiger partial charge is 0.573 e. The highest BCUT2D eigenvalue weighted by Crippen LogP contribution is 2.37. The van der Waals surface area contributed by atoms with Crippen LogP contribution in [0.1, 0.15) is 22.8 Å². The van der Waals surface area contributed by atoms with Gasteiger partial charge in [0.1, 0.15) is 11.6 Å². The molecule has 0 aliphatic rings. The van der Waals surface area contributed by atoms with Crippen LogP contribution in [0.4, 0.5) is 13.2 Å². The lowest BCUT2D eigenvalue weighted by atomic mass is 10.1. The number of benzene rings is 1. The molecule has 8 heteroatoms. The normalized spacial score (nSPS) is 10.6. The van der Waals surface area contributed by atoms with Crippen molar-refractivity contribution >= 4 is 5.97 Å². The molecule has 0 amide bonds. The highest BCUT2D eigenvalue weighted by atomic mass is 19.4. The molecule has 0 aromatic heterocycles. The molecule has 0 aliphatic heterocycles. The molecule has 0 fully saturated rings. The summed E-state index contributed by atoms with van der Waals surface area (Å²) in [5.74, 6) is -2.10. The van der Waals surface area contributed by atoms with Gasteiger partial charge in [-0.15, -0.1) is 13.2 Å². The van der Waals surface area contributed by atoms with Gasteiger partial charge in [0.15, 0.2) is 11.5 Å². The van der Waals surface area contributed by atoms with Crippen LogP contribution < -0.4 is 9.47 Å². The Labute approximate surface area is 112 Å². The molecular weight excluding hydrogens is 279 g/mol. The van der Waals surface area contributed by atoms with E-state index in [1.807, 2.05) is 0 Å². The molecular formula is C12H10F3NO4. The van der Waals surface area contributed by atoms with Gasteiger partial charge in [-0.2, -0.15) is 5.26 Å². The SMILES string of the molecule is CCOC(=O)c1ccc(OC)c(OC(F)(F)F)c1C#N. The molecule has 0 N–H and O–H groups in total. The van der Waals surface area contributed by atoms with Crippen LogP contribution in [0.15, 0.2) is 12.1 Å². The van der Waals surface area contributed by atoms with E-state index in [0.717, 1.165) is 19.2 Å². The number of methoxy groups -OCH3 is 1. The standard InChI is InChI=1S/C12H10F3NO4/c1-3-19-11(17)7-4-5-9(18-2)10(8(7)6-16)20-12(13,14)15/h4-5H,3H2,1-2H3. The molecule has 0 bridgehead atoms. The number of esters is 1. The van der Waals surface area contributed by atoms with Crippen LogP contribution >= 0.6 is 0 Å². The first kappa shape index (κ1) is 15.6. The third-order valence-corrected chi connectivity index (χ3v) is 2.17. The van der Waals surface area contributed by atoms with Crippen LogP contribution in [0.2, 0.25) is 0 Å². The zero-order chi connectivity index (χ0) is 15.3. The van der Waals surface area contributed by atoms with Crippen molar-refractivity contribution in [3.8, 4) is 17.6 Å². The number of carbonyl (C=O) groups is 1. The topological polar surface area (TPSA) is 68.6 Å². The summed E-state index contributed by atoms with van der Waals surface area (Å²) in [4.78, 5) is 11.6. The second kappa shape index (κ2) is 6.14. The van der Waals surface area contributed by atoms with E-state index in [4.69, 9.17) is 10.00 Å². The summed E-state index contributed by atoms with van der Waals surface area (Å²) < 4.78 is 50.2. The van der Waals surface area contributed by atoms with Crippen molar-refractivity contribution in [3.63, 3.8) is 0 Å². The number of ether oxygens (including phenoxy) is 3. The summed E-state index contributed by atoms with van der Waals surface area (Å²) in [6, 6.07) is 3.72. The summed E-state index contributed by atoms with van der Waals surface area (Å²) >= 11 is 0. The van der Waals surface area contributed by atoms with Gasteiger partial charge in [-0.25, -0.2) is 4.79 Å². The summed E-state index contributed by atoms with van der Waals surface area (Å²) in [6.07, 6.45) is -5.02. The van der Waals surface area contributed by atoms with E-state index in [1.54, 1.807) is 0 Å². The van der Waals surface area contributed by atoms with E-state index in [2.05, 4.69) is 9.47 Å². The van der Waals surface area contributed by atoms with Crippen molar-refractivity contribution in [2.45, 2.75) is 13.3 Å². The van der Waals surface area contributed by atoms with E-state index < -0.39 is 23.6 Å². The average Bonchev–Trinajstić information content (AvgIpc) is 2.36. The number of alkyl halides is 3. The number of rotatable bonds is 4. The van der Waals surface area contributed by atoms with Crippen LogP contribution in [0.3, 0.4) is 0 Å². The van der Waals surface area contributed by atoms with E-state index in [9.17, 15) is 18.0 Å². The average molecular weight is 289 g/mol. The van der Waals surface area contributed by atoms with Crippen molar-refractivity contribution in [2.24, 2.45) is 0 Å². The van der Waals surface area contributed by atoms with Crippen LogP contribution in [0.5, 0.6) is 11.5 Å². The lowest BCUT2D eigenvalue weighted by Gasteiger charge is -2.15. The Kier molecular flexibility index (Phi) is 4.80. The fourth-order valence-corrected chi connectivity index (χ4v) is 1.43. The van der Waals surface area contributed by atoms with Crippen molar-refractivity contribution in [1.82, 2.24) is 0 Å². The molecule has 108 valence electrons. The molecule has 0 heterocycles. The van der Waals surface area contributed by atoms with Crippen molar-refractivity contribution in [1.29, 1.82) is 5.26 Å². The third kappa shape index (κ3) is 3.54. The molecule has 0 saturated carbocycles. The molecule has 1 aromatic carbocycles. The number of hydrogen-bond acceptors (Lipinski definition) is 5. The zero-order valence-corrected chi connectivity index (χ0v) is 10.6. The maximum atomic E-state index is 12.4. The van der Waals surface area contributed by atoms with Gasteiger partial charge in [-0.05, 0) is 19.1 Å². The lowest BCUT2D eigenvalue weighted by molar-refractivity contribution is -0.275. The Morgan fingerprint density at radius 3 is 2.50 bits per heavy atom. The first-order chi connectivity index (χ1) is 9.34. The first-order valence-electron chi connectivity index (χ1n) is 5.38. The molecule has 0 spiro atoms. The monoisotopic (exact) mass is 289 g/mol. The molecule has 0 unspecified atom stereocenters.